The molecule has 5 nitrogen and oxygen atoms in total. The third kappa shape index (κ3) is 7.13. The summed E-state index contributed by atoms with van der Waals surface area (Å²) in [4.78, 5) is 24.2. The van der Waals surface area contributed by atoms with Crippen LogP contribution in [0.4, 0.5) is 5.69 Å². The molecule has 144 valence electrons. The van der Waals surface area contributed by atoms with Gasteiger partial charge >= 0.3 is 0 Å². The largest absolute Gasteiger partial charge is 0.494 e. The number of rotatable bonds is 9. The zero-order valence-electron chi connectivity index (χ0n) is 16.2. The Hall–Kier alpha value is -2.82. The second-order valence-corrected chi connectivity index (χ2v) is 6.95. The van der Waals surface area contributed by atoms with Crippen LogP contribution < -0.4 is 15.4 Å². The smallest absolute Gasteiger partial charge is 0.251 e. The van der Waals surface area contributed by atoms with Crippen LogP contribution in [-0.4, -0.2) is 25.0 Å². The first-order chi connectivity index (χ1) is 13.0. The van der Waals surface area contributed by atoms with Crippen molar-refractivity contribution in [3.63, 3.8) is 0 Å². The summed E-state index contributed by atoms with van der Waals surface area (Å²) >= 11 is 0. The number of para-hydroxylation sites is 1. The molecule has 5 heteroatoms. The molecule has 0 saturated heterocycles. The van der Waals surface area contributed by atoms with E-state index in [0.29, 0.717) is 37.5 Å². The number of hydrogen-bond acceptors (Lipinski definition) is 3. The van der Waals surface area contributed by atoms with Gasteiger partial charge in [-0.3, -0.25) is 9.59 Å². The number of aryl methyl sites for hydroxylation is 1. The monoisotopic (exact) mass is 368 g/mol. The van der Waals surface area contributed by atoms with Crippen LogP contribution in [-0.2, 0) is 4.79 Å². The van der Waals surface area contributed by atoms with E-state index in [-0.39, 0.29) is 11.8 Å². The number of carbonyl (C=O) groups excluding carboxylic acids is 2. The van der Waals surface area contributed by atoms with Crippen molar-refractivity contribution in [3.05, 3.63) is 59.7 Å². The molecule has 2 N–H and O–H groups in total. The lowest BCUT2D eigenvalue weighted by Gasteiger charge is -2.12. The number of hydrogen-bond donors (Lipinski definition) is 2. The third-order valence-corrected chi connectivity index (χ3v) is 3.99. The van der Waals surface area contributed by atoms with Crippen molar-refractivity contribution in [1.82, 2.24) is 5.32 Å². The molecule has 0 fully saturated rings. The number of ether oxygens (including phenoxy) is 1. The van der Waals surface area contributed by atoms with E-state index in [9.17, 15) is 9.59 Å². The van der Waals surface area contributed by atoms with E-state index in [1.807, 2.05) is 37.3 Å². The van der Waals surface area contributed by atoms with E-state index in [1.54, 1.807) is 18.2 Å². The highest BCUT2D eigenvalue weighted by Gasteiger charge is 2.10. The molecule has 2 aromatic rings. The number of anilines is 1. The predicted molar refractivity (Wildman–Crippen MR) is 108 cm³/mol. The van der Waals surface area contributed by atoms with E-state index in [1.165, 1.54) is 0 Å². The average Bonchev–Trinajstić information content (AvgIpc) is 2.65. The maximum atomic E-state index is 12.1. The molecule has 0 aromatic heterocycles. The molecule has 0 bridgehead atoms. The van der Waals surface area contributed by atoms with Gasteiger partial charge in [0.1, 0.15) is 5.75 Å². The molecule has 2 amide bonds. The minimum atomic E-state index is -0.0947. The normalized spacial score (nSPS) is 10.5. The maximum Gasteiger partial charge on any atom is 0.251 e. The number of nitrogens with one attached hydrogen (secondary N) is 2. The van der Waals surface area contributed by atoms with Gasteiger partial charge in [-0.1, -0.05) is 32.0 Å². The zero-order valence-corrected chi connectivity index (χ0v) is 16.2. The number of amides is 2. The first kappa shape index (κ1) is 20.5. The summed E-state index contributed by atoms with van der Waals surface area (Å²) in [6, 6.07) is 14.8. The van der Waals surface area contributed by atoms with Crippen LogP contribution in [0.15, 0.2) is 48.5 Å². The summed E-state index contributed by atoms with van der Waals surface area (Å²) in [5.41, 5.74) is 2.19. The maximum absolute atomic E-state index is 12.1. The molecule has 27 heavy (non-hydrogen) atoms. The summed E-state index contributed by atoms with van der Waals surface area (Å²) in [5.74, 6) is 1.05. The van der Waals surface area contributed by atoms with Gasteiger partial charge in [-0.05, 0) is 55.2 Å². The molecule has 0 saturated carbocycles. The lowest BCUT2D eigenvalue weighted by atomic mass is 10.1. The molecule has 0 unspecified atom stereocenters. The van der Waals surface area contributed by atoms with Gasteiger partial charge in [0.25, 0.3) is 5.91 Å². The summed E-state index contributed by atoms with van der Waals surface area (Å²) in [6.45, 7) is 7.12. The van der Waals surface area contributed by atoms with Gasteiger partial charge in [0.15, 0.2) is 0 Å². The fraction of sp³-hybridized carbons (Fsp3) is 0.364. The highest BCUT2D eigenvalue weighted by molar-refractivity contribution is 5.96. The molecular formula is C22H28N2O3. The van der Waals surface area contributed by atoms with E-state index in [2.05, 4.69) is 24.5 Å². The van der Waals surface area contributed by atoms with Gasteiger partial charge in [0.05, 0.1) is 6.61 Å². The van der Waals surface area contributed by atoms with Crippen molar-refractivity contribution in [2.24, 2.45) is 5.92 Å². The van der Waals surface area contributed by atoms with Crippen LogP contribution in [0.2, 0.25) is 0 Å². The average molecular weight is 368 g/mol. The van der Waals surface area contributed by atoms with Crippen LogP contribution in [0.5, 0.6) is 5.75 Å². The molecule has 0 atom stereocenters. The van der Waals surface area contributed by atoms with E-state index >= 15 is 0 Å². The minimum absolute atomic E-state index is 0.0632. The highest BCUT2D eigenvalue weighted by atomic mass is 16.5. The topological polar surface area (TPSA) is 67.4 Å². The second kappa shape index (κ2) is 10.4. The molecule has 0 radical (unpaired) electrons. The van der Waals surface area contributed by atoms with Crippen LogP contribution >= 0.6 is 0 Å². The Morgan fingerprint density at radius 1 is 1.07 bits per heavy atom. The van der Waals surface area contributed by atoms with E-state index < -0.39 is 0 Å². The summed E-state index contributed by atoms with van der Waals surface area (Å²) < 4.78 is 5.59. The Bertz CT molecular complexity index is 757. The predicted octanol–water partition coefficient (Wildman–Crippen LogP) is 4.18. The lowest BCUT2D eigenvalue weighted by molar-refractivity contribution is -0.116. The third-order valence-electron chi connectivity index (χ3n) is 3.99. The molecule has 0 spiro atoms. The Labute approximate surface area is 161 Å². The Balaban J connectivity index is 1.78. The van der Waals surface area contributed by atoms with Crippen LogP contribution in [0.3, 0.4) is 0 Å². The minimum Gasteiger partial charge on any atom is -0.494 e. The van der Waals surface area contributed by atoms with Gasteiger partial charge in [0.2, 0.25) is 5.91 Å². The second-order valence-electron chi connectivity index (χ2n) is 6.95. The molecule has 0 heterocycles. The van der Waals surface area contributed by atoms with Gasteiger partial charge in [-0.25, -0.2) is 0 Å². The lowest BCUT2D eigenvalue weighted by Crippen LogP contribution is -2.27. The zero-order chi connectivity index (χ0) is 19.6. The SMILES string of the molecule is Cc1cc(C(=O)NCC(C)C)ccc1NC(=O)CCCOc1ccccc1. The molecule has 2 rings (SSSR count). The van der Waals surface area contributed by atoms with Crippen molar-refractivity contribution in [1.29, 1.82) is 0 Å². The van der Waals surface area contributed by atoms with Crippen molar-refractivity contribution in [3.8, 4) is 5.75 Å². The Morgan fingerprint density at radius 3 is 2.48 bits per heavy atom. The molecule has 0 aliphatic rings. The van der Waals surface area contributed by atoms with Gasteiger partial charge in [-0.2, -0.15) is 0 Å². The van der Waals surface area contributed by atoms with Crippen molar-refractivity contribution in [2.45, 2.75) is 33.6 Å². The van der Waals surface area contributed by atoms with Crippen molar-refractivity contribution < 1.29 is 14.3 Å². The first-order valence-electron chi connectivity index (χ1n) is 9.32. The van der Waals surface area contributed by atoms with Crippen LogP contribution in [0.1, 0.15) is 42.6 Å². The number of carbonyl (C=O) groups is 2. The summed E-state index contributed by atoms with van der Waals surface area (Å²) in [5, 5.41) is 5.79. The van der Waals surface area contributed by atoms with Crippen molar-refractivity contribution >= 4 is 17.5 Å². The quantitative estimate of drug-likeness (QED) is 0.653. The molecule has 0 aliphatic heterocycles. The standard InChI is InChI=1S/C22H28N2O3/c1-16(2)15-23-22(26)18-11-12-20(17(3)14-18)24-21(25)10-7-13-27-19-8-5-4-6-9-19/h4-6,8-9,11-12,14,16H,7,10,13,15H2,1-3H3,(H,23,26)(H,24,25). The highest BCUT2D eigenvalue weighted by Crippen LogP contribution is 2.17. The fourth-order valence-corrected chi connectivity index (χ4v) is 2.50. The first-order valence-corrected chi connectivity index (χ1v) is 9.32. The van der Waals surface area contributed by atoms with Gasteiger partial charge in [-0.15, -0.1) is 0 Å². The fourth-order valence-electron chi connectivity index (χ4n) is 2.50. The Morgan fingerprint density at radius 2 is 1.81 bits per heavy atom. The van der Waals surface area contributed by atoms with Gasteiger partial charge < -0.3 is 15.4 Å². The van der Waals surface area contributed by atoms with E-state index in [0.717, 1.165) is 17.0 Å². The molecule has 0 aliphatic carbocycles. The van der Waals surface area contributed by atoms with E-state index in [4.69, 9.17) is 4.74 Å². The van der Waals surface area contributed by atoms with Crippen LogP contribution in [0.25, 0.3) is 0 Å². The van der Waals surface area contributed by atoms with Crippen LogP contribution in [0, 0.1) is 12.8 Å². The molecular weight excluding hydrogens is 340 g/mol. The van der Waals surface area contributed by atoms with Crippen molar-refractivity contribution in [2.75, 3.05) is 18.5 Å². The molecule has 2 aromatic carbocycles. The Kier molecular flexibility index (Phi) is 7.86. The summed E-state index contributed by atoms with van der Waals surface area (Å²) in [6.07, 6.45) is 1.01. The van der Waals surface area contributed by atoms with Gasteiger partial charge in [0, 0.05) is 24.2 Å². The summed E-state index contributed by atoms with van der Waals surface area (Å²) in [7, 11) is 0. The number of benzene rings is 2.